The topological polar surface area (TPSA) is 45.4 Å². The zero-order valence-corrected chi connectivity index (χ0v) is 9.32. The Balaban J connectivity index is 2.99. The Morgan fingerprint density at radius 3 is 2.53 bits per heavy atom. The Labute approximate surface area is 93.9 Å². The van der Waals surface area contributed by atoms with Crippen LogP contribution in [0.3, 0.4) is 0 Å². The molecule has 0 spiro atoms. The summed E-state index contributed by atoms with van der Waals surface area (Å²) in [5.41, 5.74) is 1.49. The van der Waals surface area contributed by atoms with Gasteiger partial charge in [-0.05, 0) is 24.6 Å². The predicted molar refractivity (Wildman–Crippen MR) is 59.9 cm³/mol. The SMILES string of the molecule is CON=C(C)C(C#N)c1ccc(Cl)cc1. The number of benzene rings is 1. The molecule has 0 N–H and O–H groups in total. The largest absolute Gasteiger partial charge is 0.399 e. The number of hydrogen-bond acceptors (Lipinski definition) is 3. The minimum absolute atomic E-state index is 0.387. The summed E-state index contributed by atoms with van der Waals surface area (Å²) in [5, 5.41) is 13.4. The highest BCUT2D eigenvalue weighted by molar-refractivity contribution is 6.30. The Hall–Kier alpha value is -1.53. The van der Waals surface area contributed by atoms with Crippen LogP contribution in [0.25, 0.3) is 0 Å². The van der Waals surface area contributed by atoms with Gasteiger partial charge in [0.05, 0.1) is 11.8 Å². The molecule has 0 radical (unpaired) electrons. The van der Waals surface area contributed by atoms with Crippen LogP contribution in [0.15, 0.2) is 29.4 Å². The molecule has 0 aliphatic carbocycles. The first-order valence-electron chi connectivity index (χ1n) is 4.41. The maximum Gasteiger partial charge on any atom is 0.112 e. The molecule has 0 saturated carbocycles. The van der Waals surface area contributed by atoms with E-state index < -0.39 is 0 Å². The van der Waals surface area contributed by atoms with Gasteiger partial charge in [-0.1, -0.05) is 28.9 Å². The molecule has 1 unspecified atom stereocenters. The van der Waals surface area contributed by atoms with Crippen molar-refractivity contribution in [2.75, 3.05) is 7.11 Å². The molecule has 3 nitrogen and oxygen atoms in total. The lowest BCUT2D eigenvalue weighted by molar-refractivity contribution is 0.212. The number of hydrogen-bond donors (Lipinski definition) is 0. The van der Waals surface area contributed by atoms with Crippen molar-refractivity contribution >= 4 is 17.3 Å². The van der Waals surface area contributed by atoms with Crippen LogP contribution in [-0.2, 0) is 4.84 Å². The second-order valence-electron chi connectivity index (χ2n) is 3.03. The van der Waals surface area contributed by atoms with E-state index in [2.05, 4.69) is 16.1 Å². The first-order valence-corrected chi connectivity index (χ1v) is 4.79. The third kappa shape index (κ3) is 2.97. The van der Waals surface area contributed by atoms with Crippen molar-refractivity contribution in [1.29, 1.82) is 5.26 Å². The van der Waals surface area contributed by atoms with Crippen LogP contribution in [0.2, 0.25) is 5.02 Å². The average Bonchev–Trinajstić information content (AvgIpc) is 2.22. The molecule has 0 amide bonds. The minimum Gasteiger partial charge on any atom is -0.399 e. The smallest absolute Gasteiger partial charge is 0.112 e. The van der Waals surface area contributed by atoms with Gasteiger partial charge >= 0.3 is 0 Å². The lowest BCUT2D eigenvalue weighted by Gasteiger charge is -2.08. The van der Waals surface area contributed by atoms with Gasteiger partial charge in [-0.2, -0.15) is 5.26 Å². The van der Waals surface area contributed by atoms with E-state index in [-0.39, 0.29) is 5.92 Å². The van der Waals surface area contributed by atoms with Crippen molar-refractivity contribution in [3.8, 4) is 6.07 Å². The molecular weight excluding hydrogens is 212 g/mol. The van der Waals surface area contributed by atoms with Crippen molar-refractivity contribution in [3.63, 3.8) is 0 Å². The summed E-state index contributed by atoms with van der Waals surface area (Å²) in [5.74, 6) is -0.387. The maximum absolute atomic E-state index is 9.03. The number of halogens is 1. The second-order valence-corrected chi connectivity index (χ2v) is 3.47. The summed E-state index contributed by atoms with van der Waals surface area (Å²) < 4.78 is 0. The van der Waals surface area contributed by atoms with Gasteiger partial charge < -0.3 is 4.84 Å². The molecule has 1 aromatic rings. The summed E-state index contributed by atoms with van der Waals surface area (Å²) in [4.78, 5) is 4.64. The number of oxime groups is 1. The zero-order chi connectivity index (χ0) is 11.3. The van der Waals surface area contributed by atoms with Gasteiger partial charge in [-0.25, -0.2) is 0 Å². The molecule has 0 aromatic heterocycles. The third-order valence-corrected chi connectivity index (χ3v) is 2.24. The number of nitriles is 1. The van der Waals surface area contributed by atoms with Gasteiger partial charge in [0.25, 0.3) is 0 Å². The highest BCUT2D eigenvalue weighted by atomic mass is 35.5. The number of rotatable bonds is 3. The van der Waals surface area contributed by atoms with E-state index in [0.29, 0.717) is 10.7 Å². The average molecular weight is 223 g/mol. The molecule has 0 fully saturated rings. The molecule has 1 aromatic carbocycles. The third-order valence-electron chi connectivity index (χ3n) is 1.99. The molecule has 1 rings (SSSR count). The lowest BCUT2D eigenvalue weighted by Crippen LogP contribution is -2.07. The maximum atomic E-state index is 9.03. The lowest BCUT2D eigenvalue weighted by atomic mass is 9.97. The summed E-state index contributed by atoms with van der Waals surface area (Å²) in [7, 11) is 1.46. The van der Waals surface area contributed by atoms with Crippen LogP contribution >= 0.6 is 11.6 Å². The molecule has 0 aliphatic rings. The van der Waals surface area contributed by atoms with E-state index in [4.69, 9.17) is 16.9 Å². The molecule has 15 heavy (non-hydrogen) atoms. The first-order chi connectivity index (χ1) is 7.19. The van der Waals surface area contributed by atoms with E-state index in [1.165, 1.54) is 7.11 Å². The van der Waals surface area contributed by atoms with Crippen LogP contribution in [-0.4, -0.2) is 12.8 Å². The van der Waals surface area contributed by atoms with Crippen molar-refractivity contribution < 1.29 is 4.84 Å². The van der Waals surface area contributed by atoms with Crippen LogP contribution < -0.4 is 0 Å². The van der Waals surface area contributed by atoms with Crippen LogP contribution in [0.5, 0.6) is 0 Å². The predicted octanol–water partition coefficient (Wildman–Crippen LogP) is 2.97. The molecule has 0 aliphatic heterocycles. The Bertz CT molecular complexity index is 392. The fourth-order valence-corrected chi connectivity index (χ4v) is 1.39. The second kappa shape index (κ2) is 5.38. The Morgan fingerprint density at radius 2 is 2.07 bits per heavy atom. The van der Waals surface area contributed by atoms with Crippen LogP contribution in [0, 0.1) is 11.3 Å². The first kappa shape index (κ1) is 11.5. The highest BCUT2D eigenvalue weighted by Gasteiger charge is 2.14. The van der Waals surface area contributed by atoms with Gasteiger partial charge in [0, 0.05) is 5.02 Å². The molecular formula is C11H11ClN2O. The minimum atomic E-state index is -0.387. The molecule has 78 valence electrons. The van der Waals surface area contributed by atoms with Gasteiger partial charge in [0.2, 0.25) is 0 Å². The quantitative estimate of drug-likeness (QED) is 0.583. The highest BCUT2D eigenvalue weighted by Crippen LogP contribution is 2.19. The van der Waals surface area contributed by atoms with Crippen LogP contribution in [0.1, 0.15) is 18.4 Å². The standard InChI is InChI=1S/C11H11ClN2O/c1-8(14-15-2)11(7-13)9-3-5-10(12)6-4-9/h3-6,11H,1-2H3. The van der Waals surface area contributed by atoms with E-state index in [0.717, 1.165) is 5.56 Å². The Kier molecular flexibility index (Phi) is 4.14. The van der Waals surface area contributed by atoms with E-state index in [1.54, 1.807) is 19.1 Å². The van der Waals surface area contributed by atoms with Gasteiger partial charge in [-0.15, -0.1) is 0 Å². The summed E-state index contributed by atoms with van der Waals surface area (Å²) in [6.07, 6.45) is 0. The monoisotopic (exact) mass is 222 g/mol. The van der Waals surface area contributed by atoms with Crippen molar-refractivity contribution in [2.24, 2.45) is 5.16 Å². The summed E-state index contributed by atoms with van der Waals surface area (Å²) in [6, 6.07) is 9.29. The molecule has 1 atom stereocenters. The summed E-state index contributed by atoms with van der Waals surface area (Å²) >= 11 is 5.76. The van der Waals surface area contributed by atoms with E-state index in [9.17, 15) is 0 Å². The molecule has 4 heteroatoms. The van der Waals surface area contributed by atoms with Gasteiger partial charge in [0.15, 0.2) is 0 Å². The van der Waals surface area contributed by atoms with Crippen molar-refractivity contribution in [3.05, 3.63) is 34.9 Å². The molecule has 0 heterocycles. The number of nitrogens with zero attached hydrogens (tertiary/aromatic N) is 2. The molecule has 0 bridgehead atoms. The zero-order valence-electron chi connectivity index (χ0n) is 8.57. The Morgan fingerprint density at radius 1 is 1.47 bits per heavy atom. The van der Waals surface area contributed by atoms with Crippen molar-refractivity contribution in [1.82, 2.24) is 0 Å². The van der Waals surface area contributed by atoms with Gasteiger partial charge in [-0.3, -0.25) is 0 Å². The van der Waals surface area contributed by atoms with Crippen molar-refractivity contribution in [2.45, 2.75) is 12.8 Å². The normalized spacial score (nSPS) is 13.1. The van der Waals surface area contributed by atoms with E-state index in [1.807, 2.05) is 12.1 Å². The summed E-state index contributed by atoms with van der Waals surface area (Å²) in [6.45, 7) is 1.76. The van der Waals surface area contributed by atoms with E-state index >= 15 is 0 Å². The van der Waals surface area contributed by atoms with Gasteiger partial charge in [0.1, 0.15) is 13.0 Å². The fourth-order valence-electron chi connectivity index (χ4n) is 1.26. The van der Waals surface area contributed by atoms with Crippen LogP contribution in [0.4, 0.5) is 0 Å². The fraction of sp³-hybridized carbons (Fsp3) is 0.273. The molecule has 0 saturated heterocycles.